The zero-order chi connectivity index (χ0) is 23.3. The number of oxazole rings is 1. The first-order chi connectivity index (χ1) is 16.6. The maximum absolute atomic E-state index is 13.0. The van der Waals surface area contributed by atoms with E-state index in [1.807, 2.05) is 66.2 Å². The van der Waals surface area contributed by atoms with E-state index in [4.69, 9.17) is 9.40 Å². The Bertz CT molecular complexity index is 1530. The molecular weight excluding hydrogens is 428 g/mol. The van der Waals surface area contributed by atoms with Gasteiger partial charge in [-0.25, -0.2) is 9.97 Å². The molecule has 0 radical (unpaired) electrons. The molecular formula is C26H24N6O2. The van der Waals surface area contributed by atoms with Crippen molar-refractivity contribution in [2.45, 2.75) is 24.8 Å². The number of rotatable bonds is 6. The summed E-state index contributed by atoms with van der Waals surface area (Å²) >= 11 is 0. The molecule has 1 saturated carbocycles. The Labute approximate surface area is 196 Å². The Morgan fingerprint density at radius 3 is 2.68 bits per heavy atom. The van der Waals surface area contributed by atoms with Crippen LogP contribution in [0.3, 0.4) is 0 Å². The molecule has 170 valence electrons. The highest BCUT2D eigenvalue weighted by molar-refractivity contribution is 6.03. The smallest absolute Gasteiger partial charge is 0.251 e. The van der Waals surface area contributed by atoms with Gasteiger partial charge in [0.05, 0.1) is 11.7 Å². The number of amides is 1. The maximum Gasteiger partial charge on any atom is 0.251 e. The summed E-state index contributed by atoms with van der Waals surface area (Å²) in [5.74, 6) is 1.21. The molecule has 0 saturated heterocycles. The first kappa shape index (κ1) is 20.4. The summed E-state index contributed by atoms with van der Waals surface area (Å²) in [6, 6.07) is 17.9. The van der Waals surface area contributed by atoms with Gasteiger partial charge in [0.2, 0.25) is 11.8 Å². The predicted molar refractivity (Wildman–Crippen MR) is 130 cm³/mol. The van der Waals surface area contributed by atoms with Crippen LogP contribution in [0.5, 0.6) is 0 Å². The van der Waals surface area contributed by atoms with Crippen LogP contribution in [-0.4, -0.2) is 32.5 Å². The number of nitrogens with one attached hydrogen (secondary N) is 2. The molecule has 5 aromatic rings. The van der Waals surface area contributed by atoms with Crippen molar-refractivity contribution >= 4 is 34.0 Å². The molecule has 3 heterocycles. The molecule has 6 rings (SSSR count). The second-order valence-corrected chi connectivity index (χ2v) is 8.77. The van der Waals surface area contributed by atoms with E-state index in [1.165, 1.54) is 0 Å². The van der Waals surface area contributed by atoms with Gasteiger partial charge in [-0.3, -0.25) is 4.79 Å². The Kier molecular flexibility index (Phi) is 4.62. The van der Waals surface area contributed by atoms with Crippen LogP contribution in [0.4, 0.5) is 5.82 Å². The Morgan fingerprint density at radius 2 is 1.91 bits per heavy atom. The van der Waals surface area contributed by atoms with E-state index in [-0.39, 0.29) is 11.3 Å². The zero-order valence-corrected chi connectivity index (χ0v) is 19.0. The van der Waals surface area contributed by atoms with E-state index in [2.05, 4.69) is 20.6 Å². The molecule has 0 atom stereocenters. The number of anilines is 1. The van der Waals surface area contributed by atoms with Crippen LogP contribution in [0.1, 0.15) is 24.0 Å². The van der Waals surface area contributed by atoms with Gasteiger partial charge in [0.1, 0.15) is 11.0 Å². The molecule has 0 bridgehead atoms. The molecule has 3 aromatic heterocycles. The quantitative estimate of drug-likeness (QED) is 0.401. The predicted octanol–water partition coefficient (Wildman–Crippen LogP) is 4.17. The lowest BCUT2D eigenvalue weighted by Gasteiger charge is -2.16. The van der Waals surface area contributed by atoms with Crippen LogP contribution >= 0.6 is 0 Å². The Morgan fingerprint density at radius 1 is 1.09 bits per heavy atom. The second-order valence-electron chi connectivity index (χ2n) is 8.77. The van der Waals surface area contributed by atoms with E-state index in [0.717, 1.165) is 40.6 Å². The summed E-state index contributed by atoms with van der Waals surface area (Å²) in [6.07, 6.45) is 3.51. The van der Waals surface area contributed by atoms with Gasteiger partial charge in [0, 0.05) is 26.2 Å². The van der Waals surface area contributed by atoms with E-state index in [1.54, 1.807) is 13.4 Å². The van der Waals surface area contributed by atoms with E-state index < -0.39 is 0 Å². The number of aryl methyl sites for hydroxylation is 1. The molecule has 0 spiro atoms. The molecule has 2 N–H and O–H groups in total. The summed E-state index contributed by atoms with van der Waals surface area (Å²) in [5.41, 5.74) is 5.24. The van der Waals surface area contributed by atoms with E-state index in [0.29, 0.717) is 29.5 Å². The number of carbonyl (C=O) groups is 1. The molecule has 1 aliphatic carbocycles. The van der Waals surface area contributed by atoms with E-state index in [9.17, 15) is 4.79 Å². The minimum Gasteiger partial charge on any atom is -0.418 e. The molecule has 0 unspecified atom stereocenters. The van der Waals surface area contributed by atoms with Gasteiger partial charge >= 0.3 is 0 Å². The topological polar surface area (TPSA) is 97.9 Å². The van der Waals surface area contributed by atoms with Crippen molar-refractivity contribution in [2.75, 3.05) is 12.4 Å². The number of hydrogen-bond donors (Lipinski definition) is 2. The van der Waals surface area contributed by atoms with Crippen molar-refractivity contribution in [3.8, 4) is 11.5 Å². The van der Waals surface area contributed by atoms with Crippen molar-refractivity contribution in [3.05, 3.63) is 72.1 Å². The molecule has 8 heteroatoms. The van der Waals surface area contributed by atoms with E-state index >= 15 is 0 Å². The van der Waals surface area contributed by atoms with Gasteiger partial charge in [-0.2, -0.15) is 4.98 Å². The highest BCUT2D eigenvalue weighted by atomic mass is 16.4. The standard InChI is InChI=1S/C26H24N6O2/c1-27-22-19-21(32(2)15-29-19)20-24(31-22)34-23(30-20)17-8-6-7-16(13-17)14-28-25(33)26(11-12-26)18-9-4-3-5-10-18/h3-10,13,15H,11-12,14H2,1-2H3,(H,27,31)(H,28,33). The normalized spacial score (nSPS) is 14.4. The Balaban J connectivity index is 1.27. The number of pyridine rings is 1. The fourth-order valence-electron chi connectivity index (χ4n) is 4.57. The first-order valence-corrected chi connectivity index (χ1v) is 11.3. The maximum atomic E-state index is 13.0. The third kappa shape index (κ3) is 3.22. The van der Waals surface area contributed by atoms with Crippen LogP contribution in [-0.2, 0) is 23.8 Å². The summed E-state index contributed by atoms with van der Waals surface area (Å²) in [5, 5.41) is 6.20. The summed E-state index contributed by atoms with van der Waals surface area (Å²) in [7, 11) is 3.73. The summed E-state index contributed by atoms with van der Waals surface area (Å²) in [6.45, 7) is 0.440. The molecule has 1 fully saturated rings. The molecule has 0 aliphatic heterocycles. The van der Waals surface area contributed by atoms with Crippen LogP contribution in [0, 0.1) is 0 Å². The van der Waals surface area contributed by atoms with Crippen LogP contribution in [0.2, 0.25) is 0 Å². The molecule has 2 aromatic carbocycles. The monoisotopic (exact) mass is 452 g/mol. The summed E-state index contributed by atoms with van der Waals surface area (Å²) in [4.78, 5) is 26.7. The molecule has 8 nitrogen and oxygen atoms in total. The number of benzene rings is 2. The average molecular weight is 453 g/mol. The number of imidazole rings is 1. The summed E-state index contributed by atoms with van der Waals surface area (Å²) < 4.78 is 7.96. The van der Waals surface area contributed by atoms with Crippen molar-refractivity contribution in [1.82, 2.24) is 24.8 Å². The van der Waals surface area contributed by atoms with Gasteiger partial charge < -0.3 is 19.6 Å². The van der Waals surface area contributed by atoms with Crippen LogP contribution in [0.25, 0.3) is 33.7 Å². The van der Waals surface area contributed by atoms with Crippen molar-refractivity contribution in [1.29, 1.82) is 0 Å². The molecule has 1 aliphatic rings. The highest BCUT2D eigenvalue weighted by Gasteiger charge is 2.50. The molecule has 1 amide bonds. The van der Waals surface area contributed by atoms with Crippen molar-refractivity contribution in [3.63, 3.8) is 0 Å². The number of hydrogen-bond acceptors (Lipinski definition) is 6. The zero-order valence-electron chi connectivity index (χ0n) is 19.0. The number of fused-ring (bicyclic) bond motifs is 3. The van der Waals surface area contributed by atoms with Gasteiger partial charge in [0.25, 0.3) is 5.71 Å². The van der Waals surface area contributed by atoms with Crippen LogP contribution < -0.4 is 10.6 Å². The van der Waals surface area contributed by atoms with Gasteiger partial charge in [-0.05, 0) is 36.1 Å². The lowest BCUT2D eigenvalue weighted by atomic mass is 9.95. The van der Waals surface area contributed by atoms with Gasteiger partial charge in [0.15, 0.2) is 11.3 Å². The lowest BCUT2D eigenvalue weighted by molar-refractivity contribution is -0.123. The van der Waals surface area contributed by atoms with Gasteiger partial charge in [-0.15, -0.1) is 0 Å². The third-order valence-corrected chi connectivity index (χ3v) is 6.58. The second kappa shape index (κ2) is 7.69. The minimum atomic E-state index is -0.385. The SMILES string of the molecule is CNc1nc2oc(-c3cccc(CNC(=O)C4(c5ccccc5)CC4)c3)nc2c2c1ncn2C. The lowest BCUT2D eigenvalue weighted by Crippen LogP contribution is -2.34. The van der Waals surface area contributed by atoms with Crippen LogP contribution in [0.15, 0.2) is 65.3 Å². The number of carbonyl (C=O) groups excluding carboxylic acids is 1. The highest BCUT2D eigenvalue weighted by Crippen LogP contribution is 2.48. The third-order valence-electron chi connectivity index (χ3n) is 6.58. The van der Waals surface area contributed by atoms with Crippen molar-refractivity contribution < 1.29 is 9.21 Å². The first-order valence-electron chi connectivity index (χ1n) is 11.3. The minimum absolute atomic E-state index is 0.0772. The fourth-order valence-corrected chi connectivity index (χ4v) is 4.57. The van der Waals surface area contributed by atoms with Gasteiger partial charge in [-0.1, -0.05) is 42.5 Å². The fraction of sp³-hybridized carbons (Fsp3) is 0.231. The Hall–Kier alpha value is -4.20. The largest absolute Gasteiger partial charge is 0.418 e. The number of nitrogens with zero attached hydrogens (tertiary/aromatic N) is 4. The number of aromatic nitrogens is 4. The molecule has 34 heavy (non-hydrogen) atoms. The van der Waals surface area contributed by atoms with Crippen molar-refractivity contribution in [2.24, 2.45) is 7.05 Å². The average Bonchev–Trinajstić information content (AvgIpc) is 3.44.